The number of carbonyl (C=O) groups excluding carboxylic acids is 1. The van der Waals surface area contributed by atoms with Crippen molar-refractivity contribution in [2.45, 2.75) is 36.6 Å². The largest absolute Gasteiger partial charge is 0.494 e. The molecule has 0 saturated heterocycles. The van der Waals surface area contributed by atoms with Gasteiger partial charge in [0, 0.05) is 11.3 Å². The highest BCUT2D eigenvalue weighted by molar-refractivity contribution is 5.82. The van der Waals surface area contributed by atoms with Gasteiger partial charge in [-0.1, -0.05) is 54.6 Å². The lowest BCUT2D eigenvalue weighted by Crippen LogP contribution is -2.73. The second kappa shape index (κ2) is 8.08. The number of carbonyl (C=O) groups is 2. The van der Waals surface area contributed by atoms with Crippen LogP contribution >= 0.6 is 0 Å². The average molecular weight is 488 g/mol. The summed E-state index contributed by atoms with van der Waals surface area (Å²) in [5.41, 5.74) is 4.66. The van der Waals surface area contributed by atoms with Gasteiger partial charge in [-0.05, 0) is 64.6 Å². The van der Waals surface area contributed by atoms with Crippen molar-refractivity contribution in [3.05, 3.63) is 89.2 Å². The smallest absolute Gasteiger partial charge is 0.407 e. The predicted molar refractivity (Wildman–Crippen MR) is 131 cm³/mol. The van der Waals surface area contributed by atoms with E-state index < -0.39 is 29.3 Å². The summed E-state index contributed by atoms with van der Waals surface area (Å²) in [5, 5.41) is 12.5. The molecule has 0 radical (unpaired) electrons. The summed E-state index contributed by atoms with van der Waals surface area (Å²) in [6.07, 6.45) is 1.09. The van der Waals surface area contributed by atoms with Crippen molar-refractivity contribution in [3.63, 3.8) is 0 Å². The van der Waals surface area contributed by atoms with Crippen LogP contribution in [0.4, 0.5) is 9.18 Å². The maximum atomic E-state index is 13.8. The average Bonchev–Trinajstić information content (AvgIpc) is 3.15. The molecule has 0 aliphatic heterocycles. The number of hydrogen-bond donors (Lipinski definition) is 2. The zero-order valence-electron chi connectivity index (χ0n) is 19.8. The number of ether oxygens (including phenoxy) is 2. The third-order valence-electron chi connectivity index (χ3n) is 8.30. The number of halogens is 1. The Balaban J connectivity index is 1.12. The lowest BCUT2D eigenvalue weighted by Gasteiger charge is -2.72. The Morgan fingerprint density at radius 2 is 1.64 bits per heavy atom. The molecule has 7 rings (SSSR count). The van der Waals surface area contributed by atoms with Crippen molar-refractivity contribution >= 4 is 12.1 Å². The molecule has 1 atom stereocenters. The van der Waals surface area contributed by atoms with Gasteiger partial charge in [-0.2, -0.15) is 0 Å². The molecule has 1 amide bonds. The zero-order valence-corrected chi connectivity index (χ0v) is 19.8. The van der Waals surface area contributed by atoms with Gasteiger partial charge in [0.1, 0.15) is 12.6 Å². The van der Waals surface area contributed by atoms with E-state index in [-0.39, 0.29) is 23.7 Å². The number of alkyl carbamates (subject to hydrolysis) is 1. The van der Waals surface area contributed by atoms with Gasteiger partial charge in [0.2, 0.25) is 0 Å². The van der Waals surface area contributed by atoms with E-state index in [0.717, 1.165) is 27.8 Å². The standard InChI is InChI=1S/C29H26FNO5/c1-35-24-12-17(10-11-23(24)30)28-14-29(15-28,16-28)25(26(32)33)31-27(34)36-13-22-20-8-4-2-6-18(20)19-7-3-5-9-21(19)22/h2-12,22,25H,13-16H2,1H3,(H,31,34)(H,32,33). The fourth-order valence-corrected chi connectivity index (χ4v) is 6.70. The number of hydrogen-bond acceptors (Lipinski definition) is 4. The Kier molecular flexibility index (Phi) is 5.07. The molecule has 3 saturated carbocycles. The first-order chi connectivity index (χ1) is 17.4. The summed E-state index contributed by atoms with van der Waals surface area (Å²) >= 11 is 0. The Bertz CT molecular complexity index is 1320. The molecule has 2 bridgehead atoms. The number of aliphatic carboxylic acids is 1. The molecule has 2 N–H and O–H groups in total. The molecule has 4 aliphatic rings. The summed E-state index contributed by atoms with van der Waals surface area (Å²) in [6, 6.07) is 19.9. The van der Waals surface area contributed by atoms with E-state index in [1.165, 1.54) is 13.2 Å². The molecular formula is C29H26FNO5. The number of methoxy groups -OCH3 is 1. The predicted octanol–water partition coefficient (Wildman–Crippen LogP) is 5.25. The van der Waals surface area contributed by atoms with Crippen molar-refractivity contribution in [2.75, 3.05) is 13.7 Å². The summed E-state index contributed by atoms with van der Waals surface area (Å²) < 4.78 is 24.5. The van der Waals surface area contributed by atoms with Crippen molar-refractivity contribution in [1.29, 1.82) is 0 Å². The third-order valence-corrected chi connectivity index (χ3v) is 8.30. The molecule has 184 valence electrons. The Morgan fingerprint density at radius 1 is 1.03 bits per heavy atom. The molecule has 3 fully saturated rings. The van der Waals surface area contributed by atoms with Crippen LogP contribution in [-0.4, -0.2) is 36.9 Å². The van der Waals surface area contributed by atoms with Crippen LogP contribution < -0.4 is 10.1 Å². The Hall–Kier alpha value is -3.87. The van der Waals surface area contributed by atoms with Crippen LogP contribution in [0.5, 0.6) is 5.75 Å². The topological polar surface area (TPSA) is 84.9 Å². The fraction of sp³-hybridized carbons (Fsp3) is 0.310. The van der Waals surface area contributed by atoms with Crippen LogP contribution in [0.25, 0.3) is 11.1 Å². The molecule has 0 heterocycles. The third kappa shape index (κ3) is 3.29. The van der Waals surface area contributed by atoms with Crippen molar-refractivity contribution in [1.82, 2.24) is 5.32 Å². The first kappa shape index (κ1) is 22.6. The van der Waals surface area contributed by atoms with E-state index in [1.807, 2.05) is 36.4 Å². The van der Waals surface area contributed by atoms with Gasteiger partial charge in [0.25, 0.3) is 0 Å². The molecule has 0 spiro atoms. The van der Waals surface area contributed by atoms with Gasteiger partial charge in [-0.15, -0.1) is 0 Å². The molecule has 4 aliphatic carbocycles. The molecular weight excluding hydrogens is 461 g/mol. The van der Waals surface area contributed by atoms with E-state index in [9.17, 15) is 19.1 Å². The number of rotatable bonds is 7. The van der Waals surface area contributed by atoms with Gasteiger partial charge in [-0.3, -0.25) is 0 Å². The highest BCUT2D eigenvalue weighted by Crippen LogP contribution is 2.75. The van der Waals surface area contributed by atoms with Gasteiger partial charge in [0.05, 0.1) is 7.11 Å². The molecule has 3 aromatic rings. The first-order valence-corrected chi connectivity index (χ1v) is 12.0. The van der Waals surface area contributed by atoms with Crippen LogP contribution in [-0.2, 0) is 14.9 Å². The summed E-state index contributed by atoms with van der Waals surface area (Å²) in [7, 11) is 1.42. The molecule has 3 aromatic carbocycles. The van der Waals surface area contributed by atoms with E-state index in [4.69, 9.17) is 9.47 Å². The minimum Gasteiger partial charge on any atom is -0.494 e. The zero-order chi connectivity index (χ0) is 25.1. The van der Waals surface area contributed by atoms with Crippen molar-refractivity contribution in [3.8, 4) is 16.9 Å². The van der Waals surface area contributed by atoms with Gasteiger partial charge in [0.15, 0.2) is 11.6 Å². The van der Waals surface area contributed by atoms with Crippen LogP contribution in [0.15, 0.2) is 66.7 Å². The van der Waals surface area contributed by atoms with Gasteiger partial charge >= 0.3 is 12.1 Å². The van der Waals surface area contributed by atoms with Crippen LogP contribution in [0, 0.1) is 11.2 Å². The van der Waals surface area contributed by atoms with Crippen LogP contribution in [0.1, 0.15) is 41.9 Å². The fourth-order valence-electron chi connectivity index (χ4n) is 6.70. The van der Waals surface area contributed by atoms with E-state index >= 15 is 0 Å². The normalized spacial score (nSPS) is 23.9. The van der Waals surface area contributed by atoms with Gasteiger partial charge < -0.3 is 19.9 Å². The first-order valence-electron chi connectivity index (χ1n) is 12.0. The van der Waals surface area contributed by atoms with Crippen LogP contribution in [0.2, 0.25) is 0 Å². The number of carboxylic acid groups (broad SMARTS) is 1. The minimum absolute atomic E-state index is 0.0990. The molecule has 6 nitrogen and oxygen atoms in total. The number of nitrogens with one attached hydrogen (secondary N) is 1. The molecule has 7 heteroatoms. The minimum atomic E-state index is -1.08. The number of fused-ring (bicyclic) bond motifs is 3. The van der Waals surface area contributed by atoms with Crippen molar-refractivity contribution < 1.29 is 28.6 Å². The van der Waals surface area contributed by atoms with Crippen LogP contribution in [0.3, 0.4) is 0 Å². The summed E-state index contributed by atoms with van der Waals surface area (Å²) in [4.78, 5) is 24.9. The molecule has 36 heavy (non-hydrogen) atoms. The second-order valence-electron chi connectivity index (χ2n) is 10.3. The highest BCUT2D eigenvalue weighted by atomic mass is 19.1. The summed E-state index contributed by atoms with van der Waals surface area (Å²) in [6.45, 7) is 0.124. The second-order valence-corrected chi connectivity index (χ2v) is 10.3. The SMILES string of the molecule is COc1cc(C23CC(C(NC(=O)OCC4c5ccccc5-c5ccccc54)C(=O)O)(C2)C3)ccc1F. The molecule has 0 aromatic heterocycles. The van der Waals surface area contributed by atoms with E-state index in [0.29, 0.717) is 19.3 Å². The lowest BCUT2D eigenvalue weighted by atomic mass is 9.31. The highest BCUT2D eigenvalue weighted by Gasteiger charge is 2.72. The Morgan fingerprint density at radius 3 is 2.22 bits per heavy atom. The number of amides is 1. The van der Waals surface area contributed by atoms with Gasteiger partial charge in [-0.25, -0.2) is 14.0 Å². The van der Waals surface area contributed by atoms with Crippen molar-refractivity contribution in [2.24, 2.45) is 5.41 Å². The monoisotopic (exact) mass is 487 g/mol. The maximum Gasteiger partial charge on any atom is 0.407 e. The van der Waals surface area contributed by atoms with E-state index in [1.54, 1.807) is 12.1 Å². The Labute approximate surface area is 208 Å². The lowest BCUT2D eigenvalue weighted by molar-refractivity contribution is -0.183. The summed E-state index contributed by atoms with van der Waals surface area (Å²) in [5.74, 6) is -1.42. The molecule has 1 unspecified atom stereocenters. The quantitative estimate of drug-likeness (QED) is 0.476. The number of benzene rings is 3. The van der Waals surface area contributed by atoms with E-state index in [2.05, 4.69) is 17.4 Å². The number of carboxylic acids is 1. The maximum absolute atomic E-state index is 13.8.